The van der Waals surface area contributed by atoms with Gasteiger partial charge in [-0.1, -0.05) is 30.3 Å². The first-order valence-corrected chi connectivity index (χ1v) is 9.54. The minimum Gasteiger partial charge on any atom is -0.474 e. The Bertz CT molecular complexity index is 1090. The van der Waals surface area contributed by atoms with Crippen molar-refractivity contribution in [3.05, 3.63) is 89.0 Å². The molecule has 3 aliphatic rings. The van der Waals surface area contributed by atoms with E-state index in [2.05, 4.69) is 11.4 Å². The molecular formula is C23H19FN2O3. The van der Waals surface area contributed by atoms with E-state index in [0.717, 1.165) is 12.0 Å². The van der Waals surface area contributed by atoms with Gasteiger partial charge in [-0.3, -0.25) is 14.5 Å². The summed E-state index contributed by atoms with van der Waals surface area (Å²) in [5.41, 5.74) is 3.85. The molecular weight excluding hydrogens is 371 g/mol. The summed E-state index contributed by atoms with van der Waals surface area (Å²) in [7, 11) is 0. The summed E-state index contributed by atoms with van der Waals surface area (Å²) in [6, 6.07) is 13.9. The number of benzene rings is 2. The Morgan fingerprint density at radius 2 is 2.00 bits per heavy atom. The number of fused-ring (bicyclic) bond motifs is 3. The van der Waals surface area contributed by atoms with Crippen molar-refractivity contribution in [2.24, 2.45) is 5.92 Å². The predicted molar refractivity (Wildman–Crippen MR) is 105 cm³/mol. The van der Waals surface area contributed by atoms with Crippen molar-refractivity contribution in [1.82, 2.24) is 5.32 Å². The highest BCUT2D eigenvalue weighted by Gasteiger charge is 2.44. The Labute approximate surface area is 167 Å². The van der Waals surface area contributed by atoms with Crippen LogP contribution in [0.25, 0.3) is 0 Å². The van der Waals surface area contributed by atoms with Gasteiger partial charge in [-0.05, 0) is 48.7 Å². The zero-order valence-corrected chi connectivity index (χ0v) is 15.8. The largest absolute Gasteiger partial charge is 0.474 e. The maximum Gasteiger partial charge on any atom is 0.257 e. The smallest absolute Gasteiger partial charge is 0.257 e. The molecule has 5 nitrogen and oxygen atoms in total. The number of ether oxygens (including phenoxy) is 1. The third-order valence-electron chi connectivity index (χ3n) is 5.80. The minimum atomic E-state index is -0.729. The van der Waals surface area contributed by atoms with Gasteiger partial charge in [-0.2, -0.15) is 0 Å². The van der Waals surface area contributed by atoms with Crippen LogP contribution in [-0.4, -0.2) is 18.0 Å². The number of anilines is 1. The molecule has 2 aromatic rings. The second kappa shape index (κ2) is 6.58. The summed E-state index contributed by atoms with van der Waals surface area (Å²) in [4.78, 5) is 26.5. The molecule has 2 aliphatic heterocycles. The molecule has 0 saturated carbocycles. The molecule has 29 heavy (non-hydrogen) atoms. The van der Waals surface area contributed by atoms with Gasteiger partial charge in [0.15, 0.2) is 6.23 Å². The predicted octanol–water partition coefficient (Wildman–Crippen LogP) is 3.39. The average molecular weight is 390 g/mol. The summed E-state index contributed by atoms with van der Waals surface area (Å²) < 4.78 is 19.6. The monoisotopic (exact) mass is 390 g/mol. The fourth-order valence-electron chi connectivity index (χ4n) is 4.40. The summed E-state index contributed by atoms with van der Waals surface area (Å²) in [6.07, 6.45) is 3.18. The summed E-state index contributed by atoms with van der Waals surface area (Å²) in [5.74, 6) is -0.832. The zero-order valence-electron chi connectivity index (χ0n) is 15.8. The molecule has 0 radical (unpaired) electrons. The lowest BCUT2D eigenvalue weighted by Gasteiger charge is -2.24. The van der Waals surface area contributed by atoms with Gasteiger partial charge in [0.1, 0.15) is 5.82 Å². The standard InChI is InChI=1S/C23H19FN2O3/c1-13-9-20(26(23(13)28)16-7-4-6-15(24)11-16)29-12-19-18-10-14-5-2-3-8-17(14)21(18)25-22(19)27/h2-9,11-12,18,20-21H,10H2,1H3,(H,25,27). The van der Waals surface area contributed by atoms with Crippen LogP contribution < -0.4 is 10.2 Å². The zero-order chi connectivity index (χ0) is 20.1. The first-order valence-electron chi connectivity index (χ1n) is 9.54. The highest BCUT2D eigenvalue weighted by Crippen LogP contribution is 2.44. The maximum atomic E-state index is 13.7. The number of hydrogen-bond acceptors (Lipinski definition) is 3. The molecule has 2 amide bonds. The number of nitrogens with zero attached hydrogens (tertiary/aromatic N) is 1. The van der Waals surface area contributed by atoms with Crippen molar-refractivity contribution in [2.75, 3.05) is 4.90 Å². The minimum absolute atomic E-state index is 0.00435. The van der Waals surface area contributed by atoms with Crippen LogP contribution in [0.3, 0.4) is 0 Å². The molecule has 0 spiro atoms. The van der Waals surface area contributed by atoms with E-state index in [-0.39, 0.29) is 23.8 Å². The fourth-order valence-corrected chi connectivity index (χ4v) is 4.40. The Hall–Kier alpha value is -3.41. The van der Waals surface area contributed by atoms with Crippen molar-refractivity contribution in [1.29, 1.82) is 0 Å². The van der Waals surface area contributed by atoms with Gasteiger partial charge in [0.25, 0.3) is 11.8 Å². The molecule has 1 N–H and O–H groups in total. The van der Waals surface area contributed by atoms with Crippen molar-refractivity contribution < 1.29 is 18.7 Å². The Morgan fingerprint density at radius 3 is 2.83 bits per heavy atom. The first kappa shape index (κ1) is 17.7. The number of carbonyl (C=O) groups excluding carboxylic acids is 2. The van der Waals surface area contributed by atoms with Crippen molar-refractivity contribution >= 4 is 17.5 Å². The summed E-state index contributed by atoms with van der Waals surface area (Å²) in [6.45, 7) is 1.69. The molecule has 3 atom stereocenters. The first-order chi connectivity index (χ1) is 14.0. The highest BCUT2D eigenvalue weighted by atomic mass is 19.1. The number of carbonyl (C=O) groups is 2. The van der Waals surface area contributed by atoms with Crippen LogP contribution >= 0.6 is 0 Å². The SMILES string of the molecule is CC1=CC(OC=C2C(=O)NC3c4ccccc4CC23)N(c2cccc(F)c2)C1=O. The topological polar surface area (TPSA) is 58.6 Å². The van der Waals surface area contributed by atoms with Crippen LogP contribution in [0.4, 0.5) is 10.1 Å². The van der Waals surface area contributed by atoms with E-state index >= 15 is 0 Å². The normalized spacial score (nSPS) is 26.4. The fraction of sp³-hybridized carbons (Fsp3) is 0.217. The second-order valence-corrected chi connectivity index (χ2v) is 7.57. The van der Waals surface area contributed by atoms with Gasteiger partial charge >= 0.3 is 0 Å². The maximum absolute atomic E-state index is 13.7. The molecule has 6 heteroatoms. The van der Waals surface area contributed by atoms with E-state index in [1.165, 1.54) is 28.9 Å². The number of rotatable bonds is 3. The number of nitrogens with one attached hydrogen (secondary N) is 1. The third kappa shape index (κ3) is 2.83. The summed E-state index contributed by atoms with van der Waals surface area (Å²) >= 11 is 0. The Kier molecular flexibility index (Phi) is 4.01. The van der Waals surface area contributed by atoms with Gasteiger partial charge < -0.3 is 10.1 Å². The lowest BCUT2D eigenvalue weighted by Crippen LogP contribution is -2.35. The van der Waals surface area contributed by atoms with E-state index in [0.29, 0.717) is 16.8 Å². The molecule has 5 rings (SSSR count). The molecule has 2 heterocycles. The van der Waals surface area contributed by atoms with E-state index in [9.17, 15) is 14.0 Å². The van der Waals surface area contributed by atoms with Gasteiger partial charge in [0, 0.05) is 11.5 Å². The number of hydrogen-bond donors (Lipinski definition) is 1. The van der Waals surface area contributed by atoms with Crippen molar-refractivity contribution in [3.8, 4) is 0 Å². The molecule has 3 unspecified atom stereocenters. The van der Waals surface area contributed by atoms with Crippen LogP contribution in [0.1, 0.15) is 24.1 Å². The molecule has 146 valence electrons. The Morgan fingerprint density at radius 1 is 1.17 bits per heavy atom. The van der Waals surface area contributed by atoms with E-state index in [1.54, 1.807) is 25.1 Å². The van der Waals surface area contributed by atoms with E-state index in [1.807, 2.05) is 18.2 Å². The van der Waals surface area contributed by atoms with Crippen LogP contribution in [0, 0.1) is 11.7 Å². The average Bonchev–Trinajstić information content (AvgIpc) is 3.30. The second-order valence-electron chi connectivity index (χ2n) is 7.57. The molecule has 0 bridgehead atoms. The van der Waals surface area contributed by atoms with Crippen molar-refractivity contribution in [2.45, 2.75) is 25.6 Å². The van der Waals surface area contributed by atoms with Gasteiger partial charge in [0.05, 0.1) is 23.6 Å². The van der Waals surface area contributed by atoms with Crippen LogP contribution in [0.5, 0.6) is 0 Å². The lowest BCUT2D eigenvalue weighted by molar-refractivity contribution is -0.116. The molecule has 1 aliphatic carbocycles. The number of halogens is 1. The van der Waals surface area contributed by atoms with Gasteiger partial charge in [-0.15, -0.1) is 0 Å². The number of amides is 2. The summed E-state index contributed by atoms with van der Waals surface area (Å²) in [5, 5.41) is 3.03. The highest BCUT2D eigenvalue weighted by molar-refractivity contribution is 6.08. The van der Waals surface area contributed by atoms with Gasteiger partial charge in [-0.25, -0.2) is 4.39 Å². The Balaban J connectivity index is 1.42. The van der Waals surface area contributed by atoms with Gasteiger partial charge in [0.2, 0.25) is 0 Å². The molecule has 2 aromatic carbocycles. The van der Waals surface area contributed by atoms with E-state index < -0.39 is 12.0 Å². The lowest BCUT2D eigenvalue weighted by atomic mass is 9.97. The quantitative estimate of drug-likeness (QED) is 0.646. The van der Waals surface area contributed by atoms with E-state index in [4.69, 9.17) is 4.74 Å². The molecule has 0 aromatic heterocycles. The van der Waals surface area contributed by atoms with Crippen LogP contribution in [-0.2, 0) is 20.7 Å². The third-order valence-corrected chi connectivity index (χ3v) is 5.80. The molecule has 1 saturated heterocycles. The van der Waals surface area contributed by atoms with Crippen molar-refractivity contribution in [3.63, 3.8) is 0 Å². The van der Waals surface area contributed by atoms with Crippen LogP contribution in [0.2, 0.25) is 0 Å². The molecule has 1 fully saturated rings. The van der Waals surface area contributed by atoms with Crippen LogP contribution in [0.15, 0.2) is 72.0 Å².